The Hall–Kier alpha value is -2.73. The van der Waals surface area contributed by atoms with E-state index in [1.54, 1.807) is 18.2 Å². The van der Waals surface area contributed by atoms with Crippen LogP contribution in [0, 0.1) is 0 Å². The van der Waals surface area contributed by atoms with Gasteiger partial charge in [-0.2, -0.15) is 0 Å². The molecule has 6 nitrogen and oxygen atoms in total. The molecule has 3 rings (SSSR count). The Morgan fingerprint density at radius 2 is 1.83 bits per heavy atom. The summed E-state index contributed by atoms with van der Waals surface area (Å²) in [5.41, 5.74) is 1.38. The maximum absolute atomic E-state index is 12.6. The average molecular weight is 431 g/mol. The molecule has 1 aliphatic rings. The van der Waals surface area contributed by atoms with E-state index in [0.717, 1.165) is 11.3 Å². The molecule has 0 atom stereocenters. The topological polar surface area (TPSA) is 67.9 Å². The number of nitrogens with zero attached hydrogens (tertiary/aromatic N) is 1. The average Bonchev–Trinajstić information content (AvgIpc) is 2.75. The Kier molecular flexibility index (Phi) is 7.57. The molecule has 2 aromatic rings. The van der Waals surface area contributed by atoms with Gasteiger partial charge in [-0.3, -0.25) is 9.59 Å². The number of carbonyl (C=O) groups excluding carboxylic acids is 2. The van der Waals surface area contributed by atoms with E-state index in [4.69, 9.17) is 21.1 Å². The van der Waals surface area contributed by atoms with Gasteiger partial charge in [-0.25, -0.2) is 0 Å². The molecule has 1 saturated heterocycles. The first-order valence-electron chi connectivity index (χ1n) is 10.1. The van der Waals surface area contributed by atoms with Gasteiger partial charge in [0.25, 0.3) is 5.91 Å². The molecule has 0 saturated carbocycles. The molecule has 2 aromatic carbocycles. The van der Waals surface area contributed by atoms with Crippen LogP contribution < -0.4 is 14.8 Å². The normalized spacial score (nSPS) is 14.3. The number of piperidine rings is 1. The lowest BCUT2D eigenvalue weighted by Gasteiger charge is -2.32. The smallest absolute Gasteiger partial charge is 0.255 e. The Labute approximate surface area is 182 Å². The minimum absolute atomic E-state index is 0.00992. The SMILES string of the molecule is CCOc1ccc(CC(=O)N2CCC(NC(=O)c3cc(Cl)ccc3OC)CC2)cc1. The van der Waals surface area contributed by atoms with Crippen molar-refractivity contribution in [2.24, 2.45) is 0 Å². The minimum Gasteiger partial charge on any atom is -0.496 e. The third kappa shape index (κ3) is 5.66. The van der Waals surface area contributed by atoms with Crippen molar-refractivity contribution in [1.82, 2.24) is 10.2 Å². The molecule has 0 unspecified atom stereocenters. The van der Waals surface area contributed by atoms with Crippen LogP contribution in [-0.2, 0) is 11.2 Å². The van der Waals surface area contributed by atoms with Crippen LogP contribution >= 0.6 is 11.6 Å². The van der Waals surface area contributed by atoms with E-state index in [-0.39, 0.29) is 17.9 Å². The Balaban J connectivity index is 1.50. The van der Waals surface area contributed by atoms with Crippen molar-refractivity contribution in [2.45, 2.75) is 32.2 Å². The number of methoxy groups -OCH3 is 1. The van der Waals surface area contributed by atoms with Gasteiger partial charge in [-0.05, 0) is 55.7 Å². The number of benzene rings is 2. The summed E-state index contributed by atoms with van der Waals surface area (Å²) in [6.07, 6.45) is 1.79. The lowest BCUT2D eigenvalue weighted by molar-refractivity contribution is -0.131. The lowest BCUT2D eigenvalue weighted by atomic mass is 10.0. The van der Waals surface area contributed by atoms with Crippen molar-refractivity contribution >= 4 is 23.4 Å². The number of amides is 2. The lowest BCUT2D eigenvalue weighted by Crippen LogP contribution is -2.47. The van der Waals surface area contributed by atoms with Gasteiger partial charge in [0.15, 0.2) is 0 Å². The number of ether oxygens (including phenoxy) is 2. The van der Waals surface area contributed by atoms with Gasteiger partial charge in [-0.1, -0.05) is 23.7 Å². The standard InChI is InChI=1S/C23H27ClN2O4/c1-3-30-19-7-4-16(5-8-19)14-22(27)26-12-10-18(11-13-26)25-23(28)20-15-17(24)6-9-21(20)29-2/h4-9,15,18H,3,10-14H2,1-2H3,(H,25,28). The van der Waals surface area contributed by atoms with Gasteiger partial charge in [-0.15, -0.1) is 0 Å². The van der Waals surface area contributed by atoms with E-state index in [1.807, 2.05) is 36.1 Å². The van der Waals surface area contributed by atoms with E-state index >= 15 is 0 Å². The van der Waals surface area contributed by atoms with Crippen molar-refractivity contribution in [3.05, 3.63) is 58.6 Å². The van der Waals surface area contributed by atoms with Gasteiger partial charge in [0, 0.05) is 24.2 Å². The van der Waals surface area contributed by atoms with Crippen LogP contribution in [0.1, 0.15) is 35.7 Å². The molecule has 1 fully saturated rings. The number of carbonyl (C=O) groups is 2. The summed E-state index contributed by atoms with van der Waals surface area (Å²) in [6.45, 7) is 3.80. The molecular formula is C23H27ClN2O4. The zero-order valence-electron chi connectivity index (χ0n) is 17.3. The van der Waals surface area contributed by atoms with Crippen molar-refractivity contribution in [3.63, 3.8) is 0 Å². The molecule has 0 radical (unpaired) electrons. The summed E-state index contributed by atoms with van der Waals surface area (Å²) in [5.74, 6) is 1.18. The molecule has 0 bridgehead atoms. The van der Waals surface area contributed by atoms with Crippen LogP contribution in [0.5, 0.6) is 11.5 Å². The Morgan fingerprint density at radius 1 is 1.13 bits per heavy atom. The fourth-order valence-corrected chi connectivity index (χ4v) is 3.72. The summed E-state index contributed by atoms with van der Waals surface area (Å²) in [4.78, 5) is 27.1. The summed E-state index contributed by atoms with van der Waals surface area (Å²) >= 11 is 6.02. The van der Waals surface area contributed by atoms with Crippen molar-refractivity contribution in [3.8, 4) is 11.5 Å². The van der Waals surface area contributed by atoms with Crippen LogP contribution in [0.15, 0.2) is 42.5 Å². The molecule has 2 amide bonds. The molecule has 1 heterocycles. The Bertz CT molecular complexity index is 877. The molecule has 0 spiro atoms. The first-order valence-corrected chi connectivity index (χ1v) is 10.5. The van der Waals surface area contributed by atoms with Crippen LogP contribution in [0.3, 0.4) is 0 Å². The van der Waals surface area contributed by atoms with Gasteiger partial charge in [0.1, 0.15) is 11.5 Å². The van der Waals surface area contributed by atoms with E-state index in [2.05, 4.69) is 5.32 Å². The zero-order valence-corrected chi connectivity index (χ0v) is 18.1. The van der Waals surface area contributed by atoms with E-state index in [1.165, 1.54) is 7.11 Å². The second kappa shape index (κ2) is 10.3. The number of halogens is 1. The van der Waals surface area contributed by atoms with Crippen LogP contribution in [0.2, 0.25) is 5.02 Å². The third-order valence-electron chi connectivity index (χ3n) is 5.18. The van der Waals surface area contributed by atoms with Crippen molar-refractivity contribution in [2.75, 3.05) is 26.8 Å². The molecule has 160 valence electrons. The fourth-order valence-electron chi connectivity index (χ4n) is 3.55. The van der Waals surface area contributed by atoms with Gasteiger partial charge in [0.2, 0.25) is 5.91 Å². The highest BCUT2D eigenvalue weighted by atomic mass is 35.5. The van der Waals surface area contributed by atoms with Gasteiger partial charge < -0.3 is 19.7 Å². The molecule has 30 heavy (non-hydrogen) atoms. The second-order valence-electron chi connectivity index (χ2n) is 7.23. The second-order valence-corrected chi connectivity index (χ2v) is 7.66. The summed E-state index contributed by atoms with van der Waals surface area (Å²) in [7, 11) is 1.52. The third-order valence-corrected chi connectivity index (χ3v) is 5.41. The van der Waals surface area contributed by atoms with E-state index < -0.39 is 0 Å². The van der Waals surface area contributed by atoms with Gasteiger partial charge in [0.05, 0.1) is 25.7 Å². The highest BCUT2D eigenvalue weighted by Crippen LogP contribution is 2.23. The summed E-state index contributed by atoms with van der Waals surface area (Å²) in [6, 6.07) is 12.6. The van der Waals surface area contributed by atoms with Crippen LogP contribution in [0.4, 0.5) is 0 Å². The highest BCUT2D eigenvalue weighted by molar-refractivity contribution is 6.31. The molecule has 1 aliphatic heterocycles. The van der Waals surface area contributed by atoms with Crippen LogP contribution in [-0.4, -0.2) is 49.6 Å². The molecule has 1 N–H and O–H groups in total. The first-order chi connectivity index (χ1) is 14.5. The van der Waals surface area contributed by atoms with Gasteiger partial charge >= 0.3 is 0 Å². The first kappa shape index (κ1) is 22.0. The van der Waals surface area contributed by atoms with E-state index in [9.17, 15) is 9.59 Å². The van der Waals surface area contributed by atoms with Crippen LogP contribution in [0.25, 0.3) is 0 Å². The fraction of sp³-hybridized carbons (Fsp3) is 0.391. The number of rotatable bonds is 7. The van der Waals surface area contributed by atoms with Crippen molar-refractivity contribution in [1.29, 1.82) is 0 Å². The molecule has 7 heteroatoms. The monoisotopic (exact) mass is 430 g/mol. The maximum Gasteiger partial charge on any atom is 0.255 e. The largest absolute Gasteiger partial charge is 0.496 e. The number of nitrogens with one attached hydrogen (secondary N) is 1. The number of hydrogen-bond acceptors (Lipinski definition) is 4. The van der Waals surface area contributed by atoms with Crippen molar-refractivity contribution < 1.29 is 19.1 Å². The number of likely N-dealkylation sites (tertiary alicyclic amines) is 1. The molecule has 0 aliphatic carbocycles. The maximum atomic E-state index is 12.6. The predicted octanol–water partition coefficient (Wildman–Crippen LogP) is 3.71. The summed E-state index contributed by atoms with van der Waals surface area (Å²) < 4.78 is 10.7. The quantitative estimate of drug-likeness (QED) is 0.727. The Morgan fingerprint density at radius 3 is 2.47 bits per heavy atom. The molecule has 0 aromatic heterocycles. The van der Waals surface area contributed by atoms with E-state index in [0.29, 0.717) is 55.3 Å². The summed E-state index contributed by atoms with van der Waals surface area (Å²) in [5, 5.41) is 3.52. The predicted molar refractivity (Wildman–Crippen MR) is 116 cm³/mol. The highest BCUT2D eigenvalue weighted by Gasteiger charge is 2.25. The molecular weight excluding hydrogens is 404 g/mol. The number of hydrogen-bond donors (Lipinski definition) is 1. The zero-order chi connectivity index (χ0) is 21.5. The minimum atomic E-state index is -0.214.